The van der Waals surface area contributed by atoms with E-state index >= 15 is 0 Å². The van der Waals surface area contributed by atoms with Gasteiger partial charge in [-0.2, -0.15) is 4.98 Å². The molecule has 21 heavy (non-hydrogen) atoms. The van der Waals surface area contributed by atoms with Gasteiger partial charge in [0.2, 0.25) is 0 Å². The fraction of sp³-hybridized carbons (Fsp3) is 0.357. The number of hydrogen-bond donors (Lipinski definition) is 1. The molecule has 0 saturated heterocycles. The van der Waals surface area contributed by atoms with Crippen LogP contribution in [0.4, 0.5) is 4.79 Å². The lowest BCUT2D eigenvalue weighted by molar-refractivity contribution is 0.0522. The van der Waals surface area contributed by atoms with Crippen LogP contribution in [0.1, 0.15) is 26.6 Å². The van der Waals surface area contributed by atoms with Crippen LogP contribution in [0.5, 0.6) is 0 Å². The van der Waals surface area contributed by atoms with E-state index in [0.717, 1.165) is 10.0 Å². The van der Waals surface area contributed by atoms with Gasteiger partial charge in [-0.05, 0) is 39.0 Å². The number of ether oxygens (including phenoxy) is 1. The van der Waals surface area contributed by atoms with E-state index in [2.05, 4.69) is 31.4 Å². The molecule has 0 bridgehead atoms. The average molecular weight is 354 g/mol. The maximum atomic E-state index is 11.5. The van der Waals surface area contributed by atoms with E-state index in [9.17, 15) is 4.79 Å². The molecule has 7 heteroatoms. The SMILES string of the molecule is CC(C)(C)OC(=O)NCc1noc(-c2cccc(Br)c2)n1. The maximum Gasteiger partial charge on any atom is 0.408 e. The quantitative estimate of drug-likeness (QED) is 0.913. The van der Waals surface area contributed by atoms with Gasteiger partial charge in [0.05, 0.1) is 6.54 Å². The van der Waals surface area contributed by atoms with Gasteiger partial charge in [-0.25, -0.2) is 4.79 Å². The van der Waals surface area contributed by atoms with Gasteiger partial charge in [0.15, 0.2) is 5.82 Å². The molecule has 0 radical (unpaired) electrons. The van der Waals surface area contributed by atoms with Crippen LogP contribution >= 0.6 is 15.9 Å². The van der Waals surface area contributed by atoms with E-state index in [1.54, 1.807) is 20.8 Å². The number of rotatable bonds is 3. The zero-order chi connectivity index (χ0) is 15.5. The van der Waals surface area contributed by atoms with Gasteiger partial charge < -0.3 is 14.6 Å². The van der Waals surface area contributed by atoms with Crippen molar-refractivity contribution < 1.29 is 14.1 Å². The van der Waals surface area contributed by atoms with Gasteiger partial charge >= 0.3 is 6.09 Å². The first-order valence-corrected chi connectivity index (χ1v) is 7.18. The molecule has 6 nitrogen and oxygen atoms in total. The lowest BCUT2D eigenvalue weighted by atomic mass is 10.2. The Bertz CT molecular complexity index is 634. The maximum absolute atomic E-state index is 11.5. The number of hydrogen-bond acceptors (Lipinski definition) is 5. The molecule has 1 aromatic carbocycles. The summed E-state index contributed by atoms with van der Waals surface area (Å²) in [6, 6.07) is 7.52. The molecule has 0 spiro atoms. The van der Waals surface area contributed by atoms with E-state index in [0.29, 0.717) is 11.7 Å². The number of halogens is 1. The van der Waals surface area contributed by atoms with Crippen LogP contribution in [0.15, 0.2) is 33.3 Å². The van der Waals surface area contributed by atoms with Crippen LogP contribution in [0, 0.1) is 0 Å². The van der Waals surface area contributed by atoms with E-state index in [1.165, 1.54) is 0 Å². The number of nitrogens with zero attached hydrogens (tertiary/aromatic N) is 2. The van der Waals surface area contributed by atoms with Gasteiger partial charge in [-0.1, -0.05) is 27.2 Å². The van der Waals surface area contributed by atoms with Crippen molar-refractivity contribution in [2.75, 3.05) is 0 Å². The highest BCUT2D eigenvalue weighted by Crippen LogP contribution is 2.21. The van der Waals surface area contributed by atoms with E-state index in [-0.39, 0.29) is 6.54 Å². The zero-order valence-corrected chi connectivity index (χ0v) is 13.6. The molecular formula is C14H16BrN3O3. The molecule has 0 saturated carbocycles. The number of carbonyl (C=O) groups excluding carboxylic acids is 1. The van der Waals surface area contributed by atoms with E-state index in [4.69, 9.17) is 9.26 Å². The van der Waals surface area contributed by atoms with Gasteiger partial charge in [0.25, 0.3) is 5.89 Å². The Labute approximate surface area is 131 Å². The minimum absolute atomic E-state index is 0.145. The predicted octanol–water partition coefficient (Wildman–Crippen LogP) is 3.52. The molecule has 2 rings (SSSR count). The Hall–Kier alpha value is -1.89. The smallest absolute Gasteiger partial charge is 0.408 e. The summed E-state index contributed by atoms with van der Waals surface area (Å²) in [6.45, 7) is 5.54. The predicted molar refractivity (Wildman–Crippen MR) is 80.5 cm³/mol. The summed E-state index contributed by atoms with van der Waals surface area (Å²) in [7, 11) is 0. The van der Waals surface area contributed by atoms with E-state index in [1.807, 2.05) is 24.3 Å². The summed E-state index contributed by atoms with van der Waals surface area (Å²) in [5.41, 5.74) is 0.267. The van der Waals surface area contributed by atoms with Gasteiger partial charge in [0.1, 0.15) is 5.60 Å². The zero-order valence-electron chi connectivity index (χ0n) is 12.0. The molecule has 0 aliphatic carbocycles. The second kappa shape index (κ2) is 6.26. The first-order valence-electron chi connectivity index (χ1n) is 6.39. The normalized spacial score (nSPS) is 11.2. The third kappa shape index (κ3) is 4.86. The molecule has 112 valence electrons. The fourth-order valence-electron chi connectivity index (χ4n) is 1.53. The van der Waals surface area contributed by atoms with Crippen LogP contribution in [0.25, 0.3) is 11.5 Å². The summed E-state index contributed by atoms with van der Waals surface area (Å²) < 4.78 is 11.2. The Morgan fingerprint density at radius 2 is 2.19 bits per heavy atom. The van der Waals surface area contributed by atoms with Crippen LogP contribution in [0.2, 0.25) is 0 Å². The first kappa shape index (κ1) is 15.5. The summed E-state index contributed by atoms with van der Waals surface area (Å²) in [6.07, 6.45) is -0.517. The Kier molecular flexibility index (Phi) is 4.62. The van der Waals surface area contributed by atoms with Crippen molar-refractivity contribution in [3.8, 4) is 11.5 Å². The standard InChI is InChI=1S/C14H16BrN3O3/c1-14(2,3)20-13(19)16-8-11-17-12(21-18-11)9-5-4-6-10(15)7-9/h4-7H,8H2,1-3H3,(H,16,19). The summed E-state index contributed by atoms with van der Waals surface area (Å²) in [4.78, 5) is 15.7. The molecule has 1 heterocycles. The molecule has 1 amide bonds. The number of benzene rings is 1. The summed E-state index contributed by atoms with van der Waals surface area (Å²) >= 11 is 3.38. The van der Waals surface area contributed by atoms with Crippen molar-refractivity contribution in [2.45, 2.75) is 32.9 Å². The van der Waals surface area contributed by atoms with Crippen molar-refractivity contribution in [3.63, 3.8) is 0 Å². The lowest BCUT2D eigenvalue weighted by Gasteiger charge is -2.19. The molecule has 0 atom stereocenters. The molecule has 0 aliphatic rings. The molecular weight excluding hydrogens is 338 g/mol. The van der Waals surface area contributed by atoms with Gasteiger partial charge in [-0.3, -0.25) is 0 Å². The number of nitrogens with one attached hydrogen (secondary N) is 1. The molecule has 0 aliphatic heterocycles. The monoisotopic (exact) mass is 353 g/mol. The lowest BCUT2D eigenvalue weighted by Crippen LogP contribution is -2.32. The number of aromatic nitrogens is 2. The van der Waals surface area contributed by atoms with Crippen molar-refractivity contribution in [3.05, 3.63) is 34.6 Å². The van der Waals surface area contributed by atoms with Crippen LogP contribution in [-0.4, -0.2) is 21.8 Å². The second-order valence-corrected chi connectivity index (χ2v) is 6.30. The largest absolute Gasteiger partial charge is 0.444 e. The molecule has 0 fully saturated rings. The summed E-state index contributed by atoms with van der Waals surface area (Å²) in [5.74, 6) is 0.785. The topological polar surface area (TPSA) is 77.2 Å². The van der Waals surface area contributed by atoms with Crippen LogP contribution in [-0.2, 0) is 11.3 Å². The molecule has 1 aromatic heterocycles. The van der Waals surface area contributed by atoms with Crippen molar-refractivity contribution in [1.29, 1.82) is 0 Å². The third-order valence-corrected chi connectivity index (χ3v) is 2.82. The van der Waals surface area contributed by atoms with Crippen molar-refractivity contribution in [2.24, 2.45) is 0 Å². The average Bonchev–Trinajstić information content (AvgIpc) is 2.83. The summed E-state index contributed by atoms with van der Waals surface area (Å²) in [5, 5.41) is 6.40. The third-order valence-electron chi connectivity index (χ3n) is 2.33. The number of carbonyl (C=O) groups is 1. The second-order valence-electron chi connectivity index (χ2n) is 5.38. The number of alkyl carbamates (subject to hydrolysis) is 1. The Morgan fingerprint density at radius 3 is 2.86 bits per heavy atom. The van der Waals surface area contributed by atoms with E-state index < -0.39 is 11.7 Å². The van der Waals surface area contributed by atoms with Gasteiger partial charge in [0, 0.05) is 10.0 Å². The highest BCUT2D eigenvalue weighted by molar-refractivity contribution is 9.10. The van der Waals surface area contributed by atoms with Crippen molar-refractivity contribution in [1.82, 2.24) is 15.5 Å². The Morgan fingerprint density at radius 1 is 1.43 bits per heavy atom. The van der Waals surface area contributed by atoms with Crippen LogP contribution < -0.4 is 5.32 Å². The minimum Gasteiger partial charge on any atom is -0.444 e. The highest BCUT2D eigenvalue weighted by Gasteiger charge is 2.16. The first-order chi connectivity index (χ1) is 9.83. The molecule has 0 unspecified atom stereocenters. The Balaban J connectivity index is 1.96. The highest BCUT2D eigenvalue weighted by atomic mass is 79.9. The molecule has 2 aromatic rings. The van der Waals surface area contributed by atoms with Crippen molar-refractivity contribution >= 4 is 22.0 Å². The molecule has 1 N–H and O–H groups in total. The van der Waals surface area contributed by atoms with Crippen LogP contribution in [0.3, 0.4) is 0 Å². The fourth-order valence-corrected chi connectivity index (χ4v) is 1.93. The number of amides is 1. The van der Waals surface area contributed by atoms with Gasteiger partial charge in [-0.15, -0.1) is 0 Å². The minimum atomic E-state index is -0.539.